The number of carbonyl (C=O) groups is 1. The van der Waals surface area contributed by atoms with E-state index in [1.165, 1.54) is 19.2 Å². The van der Waals surface area contributed by atoms with Crippen LogP contribution >= 0.6 is 24.0 Å². The van der Waals surface area contributed by atoms with Gasteiger partial charge in [-0.05, 0) is 24.6 Å². The second-order valence-corrected chi connectivity index (χ2v) is 5.84. The molecule has 136 valence electrons. The summed E-state index contributed by atoms with van der Waals surface area (Å²) in [7, 11) is 1.36. The Hall–Kier alpha value is -1.38. The molecule has 0 unspecified atom stereocenters. The Morgan fingerprint density at radius 2 is 2.04 bits per heavy atom. The highest BCUT2D eigenvalue weighted by Crippen LogP contribution is 2.24. The van der Waals surface area contributed by atoms with E-state index in [0.29, 0.717) is 25.6 Å². The van der Waals surface area contributed by atoms with Crippen molar-refractivity contribution in [2.75, 3.05) is 26.7 Å². The number of nitrogens with zero attached hydrogens (tertiary/aromatic N) is 1. The molecular weight excluding hydrogens is 424 g/mol. The number of aliphatic imine (C=N–C) groups is 1. The summed E-state index contributed by atoms with van der Waals surface area (Å²) >= 11 is 0. The van der Waals surface area contributed by atoms with Crippen LogP contribution in [-0.4, -0.2) is 38.7 Å². The summed E-state index contributed by atoms with van der Waals surface area (Å²) in [5.74, 6) is 0.108. The summed E-state index contributed by atoms with van der Waals surface area (Å²) < 4.78 is 18.0. The molecule has 0 atom stereocenters. The van der Waals surface area contributed by atoms with Gasteiger partial charge in [0.1, 0.15) is 5.82 Å². The molecule has 0 amide bonds. The number of guanidine groups is 1. The lowest BCUT2D eigenvalue weighted by Gasteiger charge is -2.24. The van der Waals surface area contributed by atoms with Gasteiger partial charge in [0, 0.05) is 18.5 Å². The highest BCUT2D eigenvalue weighted by molar-refractivity contribution is 14.0. The fourth-order valence-corrected chi connectivity index (χ4v) is 2.00. The van der Waals surface area contributed by atoms with Gasteiger partial charge in [-0.1, -0.05) is 26.0 Å². The quantitative estimate of drug-likeness (QED) is 0.290. The minimum Gasteiger partial charge on any atom is -0.469 e. The fourth-order valence-electron chi connectivity index (χ4n) is 2.00. The molecule has 0 saturated heterocycles. The molecule has 0 aliphatic rings. The third-order valence-electron chi connectivity index (χ3n) is 3.43. The Kier molecular flexibility index (Phi) is 10.6. The van der Waals surface area contributed by atoms with Crippen molar-refractivity contribution in [1.82, 2.24) is 10.6 Å². The highest BCUT2D eigenvalue weighted by Gasteiger charge is 2.21. The minimum atomic E-state index is -0.299. The van der Waals surface area contributed by atoms with Crippen molar-refractivity contribution in [2.45, 2.75) is 32.6 Å². The zero-order valence-corrected chi connectivity index (χ0v) is 17.0. The maximum atomic E-state index is 13.4. The molecule has 24 heavy (non-hydrogen) atoms. The molecule has 0 radical (unpaired) electrons. The number of rotatable bonds is 7. The molecule has 1 rings (SSSR count). The molecule has 5 nitrogen and oxygen atoms in total. The topological polar surface area (TPSA) is 62.7 Å². The lowest BCUT2D eigenvalue weighted by molar-refractivity contribution is -0.140. The van der Waals surface area contributed by atoms with Crippen molar-refractivity contribution in [1.29, 1.82) is 0 Å². The number of hydrogen-bond donors (Lipinski definition) is 2. The minimum absolute atomic E-state index is 0. The Morgan fingerprint density at radius 1 is 1.33 bits per heavy atom. The molecule has 1 aromatic carbocycles. The van der Waals surface area contributed by atoms with E-state index in [1.54, 1.807) is 6.07 Å². The van der Waals surface area contributed by atoms with Gasteiger partial charge < -0.3 is 15.4 Å². The number of ether oxygens (including phenoxy) is 1. The van der Waals surface area contributed by atoms with E-state index in [0.717, 1.165) is 5.56 Å². The smallest absolute Gasteiger partial charge is 0.307 e. The maximum absolute atomic E-state index is 13.4. The van der Waals surface area contributed by atoms with Gasteiger partial charge in [0.15, 0.2) is 5.96 Å². The average Bonchev–Trinajstić information content (AvgIpc) is 2.52. The SMILES string of the molecule is CCNC(=NCC(C)(C)c1cccc(F)c1)NCCC(=O)OC.I. The molecule has 2 N–H and O–H groups in total. The number of esters is 1. The van der Waals surface area contributed by atoms with Crippen molar-refractivity contribution in [3.63, 3.8) is 0 Å². The van der Waals surface area contributed by atoms with Crippen molar-refractivity contribution in [2.24, 2.45) is 4.99 Å². The summed E-state index contributed by atoms with van der Waals surface area (Å²) in [5.41, 5.74) is 0.596. The van der Waals surface area contributed by atoms with E-state index < -0.39 is 0 Å². The van der Waals surface area contributed by atoms with Gasteiger partial charge in [-0.15, -0.1) is 24.0 Å². The third kappa shape index (κ3) is 7.94. The first kappa shape index (κ1) is 22.6. The van der Waals surface area contributed by atoms with Crippen LogP contribution < -0.4 is 10.6 Å². The average molecular weight is 451 g/mol. The largest absolute Gasteiger partial charge is 0.469 e. The van der Waals surface area contributed by atoms with Crippen molar-refractivity contribution in [3.05, 3.63) is 35.6 Å². The van der Waals surface area contributed by atoms with Crippen LogP contribution in [0.15, 0.2) is 29.3 Å². The molecule has 0 aliphatic carbocycles. The monoisotopic (exact) mass is 451 g/mol. The highest BCUT2D eigenvalue weighted by atomic mass is 127. The van der Waals surface area contributed by atoms with E-state index >= 15 is 0 Å². The summed E-state index contributed by atoms with van der Waals surface area (Å²) in [5, 5.41) is 6.21. The van der Waals surface area contributed by atoms with Crippen LogP contribution in [0.1, 0.15) is 32.8 Å². The van der Waals surface area contributed by atoms with Gasteiger partial charge in [0.05, 0.1) is 20.1 Å². The number of halogens is 2. The molecule has 0 heterocycles. The number of benzene rings is 1. The maximum Gasteiger partial charge on any atom is 0.307 e. The van der Waals surface area contributed by atoms with E-state index in [-0.39, 0.29) is 47.6 Å². The first-order chi connectivity index (χ1) is 10.9. The second kappa shape index (κ2) is 11.2. The lowest BCUT2D eigenvalue weighted by Crippen LogP contribution is -2.39. The predicted octanol–water partition coefficient (Wildman–Crippen LogP) is 2.84. The van der Waals surface area contributed by atoms with Gasteiger partial charge in [-0.3, -0.25) is 9.79 Å². The Balaban J connectivity index is 0.00000529. The number of hydrogen-bond acceptors (Lipinski definition) is 3. The van der Waals surface area contributed by atoms with E-state index in [2.05, 4.69) is 20.4 Å². The van der Waals surface area contributed by atoms with Crippen LogP contribution in [0.2, 0.25) is 0 Å². The molecule has 1 aromatic rings. The van der Waals surface area contributed by atoms with Crippen LogP contribution in [0.5, 0.6) is 0 Å². The van der Waals surface area contributed by atoms with Gasteiger partial charge in [0.25, 0.3) is 0 Å². The van der Waals surface area contributed by atoms with Crippen LogP contribution in [0, 0.1) is 5.82 Å². The Bertz CT molecular complexity index is 550. The van der Waals surface area contributed by atoms with E-state index in [1.807, 2.05) is 26.8 Å². The van der Waals surface area contributed by atoms with Gasteiger partial charge >= 0.3 is 5.97 Å². The summed E-state index contributed by atoms with van der Waals surface area (Å²) in [4.78, 5) is 15.7. The Labute approximate surface area is 160 Å². The van der Waals surface area contributed by atoms with Gasteiger partial charge in [0.2, 0.25) is 0 Å². The normalized spacial score (nSPS) is 11.5. The van der Waals surface area contributed by atoms with Gasteiger partial charge in [-0.25, -0.2) is 4.39 Å². The Morgan fingerprint density at radius 3 is 2.62 bits per heavy atom. The van der Waals surface area contributed by atoms with E-state index in [9.17, 15) is 9.18 Å². The number of methoxy groups -OCH3 is 1. The zero-order valence-electron chi connectivity index (χ0n) is 14.7. The van der Waals surface area contributed by atoms with E-state index in [4.69, 9.17) is 0 Å². The zero-order chi connectivity index (χ0) is 17.3. The third-order valence-corrected chi connectivity index (χ3v) is 3.43. The van der Waals surface area contributed by atoms with Crippen molar-refractivity contribution >= 4 is 35.9 Å². The van der Waals surface area contributed by atoms with Gasteiger partial charge in [-0.2, -0.15) is 0 Å². The molecule has 0 aromatic heterocycles. The molecule has 0 saturated carbocycles. The van der Waals surface area contributed by atoms with Crippen molar-refractivity contribution in [3.8, 4) is 0 Å². The molecule has 0 fully saturated rings. The number of nitrogens with one attached hydrogen (secondary N) is 2. The fraction of sp³-hybridized carbons (Fsp3) is 0.529. The van der Waals surface area contributed by atoms with Crippen LogP contribution in [0.25, 0.3) is 0 Å². The summed E-state index contributed by atoms with van der Waals surface area (Å²) in [6.45, 7) is 7.65. The first-order valence-corrected chi connectivity index (χ1v) is 7.74. The molecule has 0 bridgehead atoms. The van der Waals surface area contributed by atoms with Crippen molar-refractivity contribution < 1.29 is 13.9 Å². The van der Waals surface area contributed by atoms with Crippen LogP contribution in [-0.2, 0) is 14.9 Å². The van der Waals surface area contributed by atoms with Crippen LogP contribution in [0.3, 0.4) is 0 Å². The summed E-state index contributed by atoms with van der Waals surface area (Å²) in [6.07, 6.45) is 0.272. The molecule has 0 spiro atoms. The number of carbonyl (C=O) groups excluding carboxylic acids is 1. The lowest BCUT2D eigenvalue weighted by atomic mass is 9.85. The predicted molar refractivity (Wildman–Crippen MR) is 105 cm³/mol. The molecule has 0 aliphatic heterocycles. The standard InChI is InChI=1S/C17H26FN3O2.HI/c1-5-19-16(20-10-9-15(22)23-4)21-12-17(2,3)13-7-6-8-14(18)11-13;/h6-8,11H,5,9-10,12H2,1-4H3,(H2,19,20,21);1H. The molecular formula is C17H27FIN3O2. The first-order valence-electron chi connectivity index (χ1n) is 7.74. The van der Waals surface area contributed by atoms with Crippen LogP contribution in [0.4, 0.5) is 4.39 Å². The summed E-state index contributed by atoms with van der Waals surface area (Å²) in [6, 6.07) is 6.57. The second-order valence-electron chi connectivity index (χ2n) is 5.84. The molecule has 7 heteroatoms.